The Morgan fingerprint density at radius 2 is 2.00 bits per heavy atom. The zero-order valence-electron chi connectivity index (χ0n) is 13.1. The first-order chi connectivity index (χ1) is 12.0. The molecule has 4 N–H and O–H groups in total. The molecule has 2 aromatic rings. The minimum atomic E-state index is -0.407. The highest BCUT2D eigenvalue weighted by molar-refractivity contribution is 8.00. The fourth-order valence-electron chi connectivity index (χ4n) is 1.95. The van der Waals surface area contributed by atoms with Crippen molar-refractivity contribution in [2.45, 2.75) is 4.90 Å². The fraction of sp³-hybridized carbons (Fsp3) is 0.118. The summed E-state index contributed by atoms with van der Waals surface area (Å²) < 4.78 is 0. The number of nitriles is 1. The van der Waals surface area contributed by atoms with Crippen LogP contribution in [0.5, 0.6) is 0 Å². The van der Waals surface area contributed by atoms with E-state index in [9.17, 15) is 9.59 Å². The summed E-state index contributed by atoms with van der Waals surface area (Å²) in [5, 5.41) is 14.8. The van der Waals surface area contributed by atoms with Crippen LogP contribution in [0.3, 0.4) is 0 Å². The zero-order valence-corrected chi connectivity index (χ0v) is 14.7. The maximum absolute atomic E-state index is 12.1. The first-order valence-corrected chi connectivity index (χ1v) is 8.59. The van der Waals surface area contributed by atoms with Crippen LogP contribution in [0, 0.1) is 11.3 Å². The molecule has 0 fully saturated rings. The number of nitrogens with two attached hydrogens (primary N) is 1. The molecule has 128 valence electrons. The van der Waals surface area contributed by atoms with E-state index in [0.717, 1.165) is 10.6 Å². The average Bonchev–Trinajstić information content (AvgIpc) is 2.59. The second-order valence-corrected chi connectivity index (χ2v) is 6.38. The van der Waals surface area contributed by atoms with Gasteiger partial charge in [0.2, 0.25) is 11.8 Å². The summed E-state index contributed by atoms with van der Waals surface area (Å²) >= 11 is 7.24. The molecule has 0 aliphatic rings. The summed E-state index contributed by atoms with van der Waals surface area (Å²) in [7, 11) is 0. The van der Waals surface area contributed by atoms with Gasteiger partial charge in [0.1, 0.15) is 6.07 Å². The monoisotopic (exact) mass is 374 g/mol. The van der Waals surface area contributed by atoms with Gasteiger partial charge in [0.25, 0.3) is 0 Å². The molecule has 0 saturated carbocycles. The highest BCUT2D eigenvalue weighted by Crippen LogP contribution is 2.26. The molecule has 0 bridgehead atoms. The molecule has 0 heterocycles. The van der Waals surface area contributed by atoms with Gasteiger partial charge in [-0.05, 0) is 30.3 Å². The second kappa shape index (κ2) is 8.97. The van der Waals surface area contributed by atoms with Gasteiger partial charge in [0.15, 0.2) is 0 Å². The van der Waals surface area contributed by atoms with Crippen molar-refractivity contribution in [2.24, 2.45) is 5.73 Å². The highest BCUT2D eigenvalue weighted by atomic mass is 35.5. The standard InChI is InChI=1S/C17H15ClN4O2S/c18-13-7-12(6-5-11(13)8-19)22-17(24)9-21-14-3-1-2-4-15(14)25-10-16(20)23/h1-7,21H,9-10H2,(H2,20,23)(H,22,24). The fourth-order valence-corrected chi connectivity index (χ4v) is 2.94. The van der Waals surface area contributed by atoms with Gasteiger partial charge in [-0.3, -0.25) is 9.59 Å². The Hall–Kier alpha value is -2.69. The number of para-hydroxylation sites is 1. The number of carbonyl (C=O) groups excluding carboxylic acids is 2. The van der Waals surface area contributed by atoms with E-state index in [2.05, 4.69) is 10.6 Å². The number of thioether (sulfide) groups is 1. The zero-order chi connectivity index (χ0) is 18.2. The lowest BCUT2D eigenvalue weighted by molar-refractivity contribution is -0.116. The number of nitrogens with zero attached hydrogens (tertiary/aromatic N) is 1. The van der Waals surface area contributed by atoms with Crippen molar-refractivity contribution in [3.8, 4) is 6.07 Å². The van der Waals surface area contributed by atoms with Crippen molar-refractivity contribution in [1.82, 2.24) is 0 Å². The molecule has 0 radical (unpaired) electrons. The molecule has 0 aliphatic heterocycles. The molecule has 2 amide bonds. The predicted molar refractivity (Wildman–Crippen MR) is 99.6 cm³/mol. The molecule has 6 nitrogen and oxygen atoms in total. The number of anilines is 2. The molecule has 2 aromatic carbocycles. The van der Waals surface area contributed by atoms with Gasteiger partial charge in [-0.2, -0.15) is 5.26 Å². The van der Waals surface area contributed by atoms with Crippen LogP contribution < -0.4 is 16.4 Å². The Bertz CT molecular complexity index is 836. The van der Waals surface area contributed by atoms with E-state index in [0.29, 0.717) is 11.3 Å². The van der Waals surface area contributed by atoms with E-state index in [1.165, 1.54) is 17.8 Å². The van der Waals surface area contributed by atoms with Gasteiger partial charge >= 0.3 is 0 Å². The van der Waals surface area contributed by atoms with Crippen molar-refractivity contribution in [2.75, 3.05) is 22.9 Å². The van der Waals surface area contributed by atoms with E-state index >= 15 is 0 Å². The molecule has 2 rings (SSSR count). The summed E-state index contributed by atoms with van der Waals surface area (Å²) in [6, 6.07) is 14.0. The van der Waals surface area contributed by atoms with Gasteiger partial charge in [-0.25, -0.2) is 0 Å². The molecule has 0 aromatic heterocycles. The summed E-state index contributed by atoms with van der Waals surface area (Å²) in [5.74, 6) is -0.514. The van der Waals surface area contributed by atoms with Crippen LogP contribution in [0.4, 0.5) is 11.4 Å². The molecular formula is C17H15ClN4O2S. The van der Waals surface area contributed by atoms with E-state index in [1.54, 1.807) is 12.1 Å². The summed E-state index contributed by atoms with van der Waals surface area (Å²) in [4.78, 5) is 23.8. The van der Waals surface area contributed by atoms with Crippen molar-refractivity contribution in [3.05, 3.63) is 53.1 Å². The third-order valence-electron chi connectivity index (χ3n) is 3.07. The largest absolute Gasteiger partial charge is 0.375 e. The van der Waals surface area contributed by atoms with Crippen LogP contribution in [0.1, 0.15) is 5.56 Å². The Kier molecular flexibility index (Phi) is 6.69. The van der Waals surface area contributed by atoms with Gasteiger partial charge in [-0.15, -0.1) is 11.8 Å². The Morgan fingerprint density at radius 1 is 1.24 bits per heavy atom. The number of carbonyl (C=O) groups is 2. The molecule has 0 unspecified atom stereocenters. The Balaban J connectivity index is 1.95. The number of amides is 2. The molecule has 8 heteroatoms. The molecule has 0 spiro atoms. The minimum Gasteiger partial charge on any atom is -0.375 e. The van der Waals surface area contributed by atoms with Crippen molar-refractivity contribution < 1.29 is 9.59 Å². The molecule has 0 saturated heterocycles. The van der Waals surface area contributed by atoms with Gasteiger partial charge < -0.3 is 16.4 Å². The first-order valence-electron chi connectivity index (χ1n) is 7.23. The van der Waals surface area contributed by atoms with Crippen LogP contribution >= 0.6 is 23.4 Å². The normalized spacial score (nSPS) is 9.92. The number of primary amides is 1. The third-order valence-corrected chi connectivity index (χ3v) is 4.48. The van der Waals surface area contributed by atoms with Gasteiger partial charge in [0, 0.05) is 16.3 Å². The minimum absolute atomic E-state index is 0.0335. The average molecular weight is 375 g/mol. The lowest BCUT2D eigenvalue weighted by atomic mass is 10.2. The highest BCUT2D eigenvalue weighted by Gasteiger charge is 2.08. The summed E-state index contributed by atoms with van der Waals surface area (Å²) in [6.07, 6.45) is 0. The van der Waals surface area contributed by atoms with Crippen LogP contribution in [0.2, 0.25) is 5.02 Å². The Labute approximate surface area is 154 Å². The summed E-state index contributed by atoms with van der Waals surface area (Å²) in [6.45, 7) is 0.0335. The van der Waals surface area contributed by atoms with E-state index in [1.807, 2.05) is 30.3 Å². The maximum Gasteiger partial charge on any atom is 0.243 e. The van der Waals surface area contributed by atoms with Crippen molar-refractivity contribution in [1.29, 1.82) is 5.26 Å². The lowest BCUT2D eigenvalue weighted by Crippen LogP contribution is -2.22. The maximum atomic E-state index is 12.1. The lowest BCUT2D eigenvalue weighted by Gasteiger charge is -2.11. The predicted octanol–water partition coefficient (Wildman–Crippen LogP) is 2.84. The van der Waals surface area contributed by atoms with Crippen LogP contribution in [-0.4, -0.2) is 24.1 Å². The number of hydrogen-bond acceptors (Lipinski definition) is 5. The van der Waals surface area contributed by atoms with E-state index in [-0.39, 0.29) is 23.2 Å². The van der Waals surface area contributed by atoms with E-state index in [4.69, 9.17) is 22.6 Å². The smallest absolute Gasteiger partial charge is 0.243 e. The SMILES string of the molecule is N#Cc1ccc(NC(=O)CNc2ccccc2SCC(N)=O)cc1Cl. The first kappa shape index (κ1) is 18.6. The third kappa shape index (κ3) is 5.71. The quantitative estimate of drug-likeness (QED) is 0.646. The molecule has 25 heavy (non-hydrogen) atoms. The molecular weight excluding hydrogens is 360 g/mol. The number of benzene rings is 2. The number of rotatable bonds is 7. The van der Waals surface area contributed by atoms with Gasteiger partial charge in [-0.1, -0.05) is 23.7 Å². The number of halogens is 1. The van der Waals surface area contributed by atoms with Crippen LogP contribution in [0.15, 0.2) is 47.4 Å². The van der Waals surface area contributed by atoms with E-state index < -0.39 is 5.91 Å². The number of nitrogens with one attached hydrogen (secondary N) is 2. The van der Waals surface area contributed by atoms with Crippen LogP contribution in [0.25, 0.3) is 0 Å². The van der Waals surface area contributed by atoms with Crippen molar-refractivity contribution >= 4 is 46.6 Å². The number of hydrogen-bond donors (Lipinski definition) is 3. The van der Waals surface area contributed by atoms with Gasteiger partial charge in [0.05, 0.1) is 22.9 Å². The Morgan fingerprint density at radius 3 is 2.68 bits per heavy atom. The topological polar surface area (TPSA) is 108 Å². The second-order valence-electron chi connectivity index (χ2n) is 4.96. The molecule has 0 atom stereocenters. The van der Waals surface area contributed by atoms with Crippen LogP contribution in [-0.2, 0) is 9.59 Å². The molecule has 0 aliphatic carbocycles. The summed E-state index contributed by atoms with van der Waals surface area (Å²) in [5.41, 5.74) is 6.75. The van der Waals surface area contributed by atoms with Crippen molar-refractivity contribution in [3.63, 3.8) is 0 Å².